The molecule has 0 aliphatic heterocycles. The molecule has 1 aromatic carbocycles. The summed E-state index contributed by atoms with van der Waals surface area (Å²) in [5.74, 6) is 0.282. The van der Waals surface area contributed by atoms with E-state index in [0.717, 1.165) is 36.1 Å². The van der Waals surface area contributed by atoms with Crippen molar-refractivity contribution < 1.29 is 4.79 Å². The number of anilines is 1. The van der Waals surface area contributed by atoms with Crippen molar-refractivity contribution >= 4 is 36.4 Å². The lowest BCUT2D eigenvalue weighted by molar-refractivity contribution is -0.121. The van der Waals surface area contributed by atoms with Crippen LogP contribution < -0.4 is 16.6 Å². The van der Waals surface area contributed by atoms with Gasteiger partial charge in [-0.15, -0.1) is 24.8 Å². The Morgan fingerprint density at radius 1 is 1.23 bits per heavy atom. The van der Waals surface area contributed by atoms with Crippen molar-refractivity contribution in [2.24, 2.45) is 0 Å². The van der Waals surface area contributed by atoms with Gasteiger partial charge in [-0.1, -0.05) is 6.07 Å². The fourth-order valence-electron chi connectivity index (χ4n) is 3.86. The van der Waals surface area contributed by atoms with Gasteiger partial charge in [0.15, 0.2) is 0 Å². The van der Waals surface area contributed by atoms with E-state index in [1.165, 1.54) is 5.56 Å². The number of pyridine rings is 1. The number of hydrogen-bond acceptors (Lipinski definition) is 5. The first-order valence-corrected chi connectivity index (χ1v) is 9.69. The Bertz CT molecular complexity index is 1120. The molecule has 31 heavy (non-hydrogen) atoms. The molecule has 0 saturated heterocycles. The molecule has 0 bridgehead atoms. The lowest BCUT2D eigenvalue weighted by Gasteiger charge is -2.26. The molecule has 1 aliphatic carbocycles. The molecule has 0 radical (unpaired) electrons. The number of halogens is 2. The minimum absolute atomic E-state index is 0. The maximum Gasteiger partial charge on any atom is 0.255 e. The molecule has 0 saturated carbocycles. The lowest BCUT2D eigenvalue weighted by Crippen LogP contribution is -2.34. The van der Waals surface area contributed by atoms with E-state index in [2.05, 4.69) is 20.3 Å². The minimum atomic E-state index is -0.295. The average molecular weight is 462 g/mol. The molecule has 7 nitrogen and oxygen atoms in total. The Balaban J connectivity index is 0.00000171. The molecule has 1 amide bonds. The monoisotopic (exact) mass is 461 g/mol. The zero-order chi connectivity index (χ0) is 20.4. The molecule has 9 heteroatoms. The van der Waals surface area contributed by atoms with E-state index in [1.54, 1.807) is 31.5 Å². The van der Waals surface area contributed by atoms with Crippen LogP contribution in [-0.2, 0) is 17.6 Å². The van der Waals surface area contributed by atoms with Crippen molar-refractivity contribution in [3.63, 3.8) is 0 Å². The predicted molar refractivity (Wildman–Crippen MR) is 126 cm³/mol. The molecule has 2 aromatic heterocycles. The number of nitrogens with two attached hydrogens (primary N) is 1. The van der Waals surface area contributed by atoms with Crippen LogP contribution in [0.1, 0.15) is 41.3 Å². The largest absolute Gasteiger partial charge is 0.399 e. The molecule has 0 spiro atoms. The first kappa shape index (κ1) is 24.4. The van der Waals surface area contributed by atoms with E-state index in [1.807, 2.05) is 18.2 Å². The molecule has 1 aliphatic rings. The van der Waals surface area contributed by atoms with Crippen LogP contribution in [0.3, 0.4) is 0 Å². The Labute approximate surface area is 192 Å². The van der Waals surface area contributed by atoms with Gasteiger partial charge < -0.3 is 16.0 Å². The number of aromatic nitrogens is 3. The quantitative estimate of drug-likeness (QED) is 0.515. The zero-order valence-electron chi connectivity index (χ0n) is 17.1. The molecule has 164 valence electrons. The Kier molecular flexibility index (Phi) is 8.19. The zero-order valence-corrected chi connectivity index (χ0v) is 18.7. The van der Waals surface area contributed by atoms with Gasteiger partial charge in [0, 0.05) is 34.9 Å². The molecule has 1 atom stereocenters. The number of nitrogen functional groups attached to an aromatic ring is 1. The summed E-state index contributed by atoms with van der Waals surface area (Å²) < 4.78 is 0. The molecule has 0 fully saturated rings. The smallest absolute Gasteiger partial charge is 0.255 e. The van der Waals surface area contributed by atoms with Gasteiger partial charge in [0.05, 0.1) is 12.5 Å². The van der Waals surface area contributed by atoms with Gasteiger partial charge in [0.2, 0.25) is 5.91 Å². The number of rotatable bonds is 4. The number of aryl methyl sites for hydroxylation is 2. The van der Waals surface area contributed by atoms with Crippen LogP contribution in [-0.4, -0.2) is 20.9 Å². The Hall–Kier alpha value is -2.90. The van der Waals surface area contributed by atoms with Crippen molar-refractivity contribution in [1.29, 1.82) is 0 Å². The average Bonchev–Trinajstić information content (AvgIpc) is 2.71. The molecular formula is C22H25Cl2N5O2. The highest BCUT2D eigenvalue weighted by molar-refractivity contribution is 5.85. The van der Waals surface area contributed by atoms with Crippen LogP contribution >= 0.6 is 24.8 Å². The third-order valence-electron chi connectivity index (χ3n) is 5.33. The normalized spacial score (nSPS) is 14.5. The summed E-state index contributed by atoms with van der Waals surface area (Å²) in [6, 6.07) is 9.31. The van der Waals surface area contributed by atoms with E-state index in [9.17, 15) is 9.59 Å². The number of carbonyl (C=O) groups is 1. The van der Waals surface area contributed by atoms with Crippen LogP contribution in [0.25, 0.3) is 11.4 Å². The summed E-state index contributed by atoms with van der Waals surface area (Å²) in [5.41, 5.74) is 10.3. The first-order chi connectivity index (χ1) is 14.0. The van der Waals surface area contributed by atoms with Crippen LogP contribution in [0.5, 0.6) is 0 Å². The third kappa shape index (κ3) is 5.42. The Morgan fingerprint density at radius 3 is 2.68 bits per heavy atom. The molecular weight excluding hydrogens is 437 g/mol. The molecule has 2 heterocycles. The molecule has 4 N–H and O–H groups in total. The second-order valence-electron chi connectivity index (χ2n) is 7.36. The van der Waals surface area contributed by atoms with Gasteiger partial charge in [-0.2, -0.15) is 0 Å². The number of hydrogen-bond donors (Lipinski definition) is 3. The van der Waals surface area contributed by atoms with Crippen LogP contribution in [0, 0.1) is 6.92 Å². The topological polar surface area (TPSA) is 114 Å². The number of H-pyrrole nitrogens is 1. The number of amides is 1. The highest BCUT2D eigenvalue weighted by atomic mass is 35.5. The number of benzene rings is 1. The van der Waals surface area contributed by atoms with E-state index in [0.29, 0.717) is 17.1 Å². The van der Waals surface area contributed by atoms with Gasteiger partial charge >= 0.3 is 0 Å². The van der Waals surface area contributed by atoms with Crippen LogP contribution in [0.15, 0.2) is 47.5 Å². The number of aromatic amines is 1. The van der Waals surface area contributed by atoms with Gasteiger partial charge in [0.1, 0.15) is 5.82 Å². The Morgan fingerprint density at radius 2 is 1.97 bits per heavy atom. The van der Waals surface area contributed by atoms with Gasteiger partial charge in [-0.25, -0.2) is 4.98 Å². The highest BCUT2D eigenvalue weighted by Crippen LogP contribution is 2.31. The number of nitrogens with one attached hydrogen (secondary N) is 2. The summed E-state index contributed by atoms with van der Waals surface area (Å²) in [6.07, 6.45) is 6.10. The molecule has 3 aromatic rings. The number of nitrogens with zero attached hydrogens (tertiary/aromatic N) is 2. The van der Waals surface area contributed by atoms with E-state index >= 15 is 0 Å². The van der Waals surface area contributed by atoms with Gasteiger partial charge in [0.25, 0.3) is 5.56 Å². The highest BCUT2D eigenvalue weighted by Gasteiger charge is 2.23. The lowest BCUT2D eigenvalue weighted by atomic mass is 9.87. The van der Waals surface area contributed by atoms with E-state index < -0.39 is 0 Å². The summed E-state index contributed by atoms with van der Waals surface area (Å²) >= 11 is 0. The summed E-state index contributed by atoms with van der Waals surface area (Å²) in [5, 5.41) is 3.08. The maximum atomic E-state index is 12.7. The van der Waals surface area contributed by atoms with Crippen molar-refractivity contribution in [1.82, 2.24) is 20.3 Å². The van der Waals surface area contributed by atoms with Crippen LogP contribution in [0.4, 0.5) is 5.69 Å². The molecule has 4 rings (SSSR count). The van der Waals surface area contributed by atoms with Crippen molar-refractivity contribution in [3.8, 4) is 11.4 Å². The predicted octanol–water partition coefficient (Wildman–Crippen LogP) is 3.30. The minimum Gasteiger partial charge on any atom is -0.399 e. The third-order valence-corrected chi connectivity index (χ3v) is 5.33. The van der Waals surface area contributed by atoms with Crippen molar-refractivity contribution in [3.05, 3.63) is 75.5 Å². The number of fused-ring (bicyclic) bond motifs is 1. The SMILES string of the molecule is Cc1nc(-c2ccncc2)[nH]c(=O)c1CC(=O)NC1CCCc2cc(N)ccc21.Cl.Cl. The van der Waals surface area contributed by atoms with E-state index in [-0.39, 0.29) is 48.7 Å². The van der Waals surface area contributed by atoms with E-state index in [4.69, 9.17) is 5.73 Å². The summed E-state index contributed by atoms with van der Waals surface area (Å²) in [4.78, 5) is 36.5. The van der Waals surface area contributed by atoms with Crippen molar-refractivity contribution in [2.45, 2.75) is 38.6 Å². The van der Waals surface area contributed by atoms with Gasteiger partial charge in [-0.3, -0.25) is 14.6 Å². The number of carbonyl (C=O) groups excluding carboxylic acids is 1. The second kappa shape index (κ2) is 10.4. The van der Waals surface area contributed by atoms with Gasteiger partial charge in [-0.05, 0) is 61.6 Å². The fraction of sp³-hybridized carbons (Fsp3) is 0.273. The van der Waals surface area contributed by atoms with Crippen molar-refractivity contribution in [2.75, 3.05) is 5.73 Å². The van der Waals surface area contributed by atoms with Crippen LogP contribution in [0.2, 0.25) is 0 Å². The second-order valence-corrected chi connectivity index (χ2v) is 7.36. The fourth-order valence-corrected chi connectivity index (χ4v) is 3.86. The first-order valence-electron chi connectivity index (χ1n) is 9.69. The summed E-state index contributed by atoms with van der Waals surface area (Å²) in [6.45, 7) is 1.75. The maximum absolute atomic E-state index is 12.7. The molecule has 1 unspecified atom stereocenters. The summed E-state index contributed by atoms with van der Waals surface area (Å²) in [7, 11) is 0. The standard InChI is InChI=1S/C22H23N5O2.2ClH/c1-13-18(22(29)27-21(25-13)14-7-9-24-10-8-14)12-20(28)26-19-4-2-3-15-11-16(23)5-6-17(15)19;;/h5-11,19H,2-4,12,23H2,1H3,(H,26,28)(H,25,27,29);2*1H.